The summed E-state index contributed by atoms with van der Waals surface area (Å²) >= 11 is 0. The van der Waals surface area contributed by atoms with Crippen LogP contribution in [-0.2, 0) is 22.0 Å². The Balaban J connectivity index is 1.88. The van der Waals surface area contributed by atoms with E-state index in [-0.39, 0.29) is 23.0 Å². The van der Waals surface area contributed by atoms with Crippen molar-refractivity contribution in [1.82, 2.24) is 0 Å². The van der Waals surface area contributed by atoms with Gasteiger partial charge < -0.3 is 18.9 Å². The largest absolute Gasteiger partial charge is 0.494 e. The third kappa shape index (κ3) is 9.00. The minimum atomic E-state index is -0.398. The summed E-state index contributed by atoms with van der Waals surface area (Å²) in [5.74, 6) is 2.70. The topological polar surface area (TPSA) is 36.9 Å². The van der Waals surface area contributed by atoms with E-state index in [1.165, 1.54) is 22.3 Å². The van der Waals surface area contributed by atoms with Gasteiger partial charge in [-0.15, -0.1) is 0 Å². The van der Waals surface area contributed by atoms with Crippen LogP contribution in [0.5, 0.6) is 17.2 Å². The van der Waals surface area contributed by atoms with Crippen molar-refractivity contribution in [1.29, 1.82) is 0 Å². The van der Waals surface area contributed by atoms with Gasteiger partial charge in [-0.25, -0.2) is 0 Å². The first-order valence-electron chi connectivity index (χ1n) is 15.1. The average molecular weight is 561 g/mol. The normalized spacial score (nSPS) is 12.6. The van der Waals surface area contributed by atoms with Gasteiger partial charge >= 0.3 is 0 Å². The molecule has 0 fully saturated rings. The van der Waals surface area contributed by atoms with E-state index in [1.807, 2.05) is 20.8 Å². The summed E-state index contributed by atoms with van der Waals surface area (Å²) in [6.07, 6.45) is 1.14. The Labute approximate surface area is 249 Å². The molecule has 0 saturated carbocycles. The van der Waals surface area contributed by atoms with Gasteiger partial charge in [0, 0.05) is 11.0 Å². The molecule has 3 aromatic carbocycles. The monoisotopic (exact) mass is 560 g/mol. The van der Waals surface area contributed by atoms with Crippen LogP contribution in [0.25, 0.3) is 0 Å². The molecule has 3 aromatic rings. The van der Waals surface area contributed by atoms with Gasteiger partial charge in [0.25, 0.3) is 0 Å². The number of hydrogen-bond donors (Lipinski definition) is 0. The Morgan fingerprint density at radius 2 is 1.27 bits per heavy atom. The minimum Gasteiger partial charge on any atom is -0.494 e. The van der Waals surface area contributed by atoms with Gasteiger partial charge in [-0.1, -0.05) is 64.1 Å². The molecule has 3 rings (SSSR count). The second-order valence-corrected chi connectivity index (χ2v) is 13.4. The van der Waals surface area contributed by atoms with Crippen LogP contribution in [0, 0.1) is 0 Å². The summed E-state index contributed by atoms with van der Waals surface area (Å²) in [6, 6.07) is 23.7. The molecule has 0 aromatic heterocycles. The van der Waals surface area contributed by atoms with Gasteiger partial charge in [0.15, 0.2) is 0 Å². The highest BCUT2D eigenvalue weighted by Gasteiger charge is 2.30. The molecule has 0 saturated heterocycles. The molecule has 0 heterocycles. The van der Waals surface area contributed by atoms with Crippen LogP contribution in [0.1, 0.15) is 98.4 Å². The van der Waals surface area contributed by atoms with Crippen molar-refractivity contribution < 1.29 is 18.9 Å². The van der Waals surface area contributed by atoms with E-state index >= 15 is 0 Å². The van der Waals surface area contributed by atoms with E-state index in [9.17, 15) is 0 Å². The summed E-state index contributed by atoms with van der Waals surface area (Å²) in [7, 11) is 0. The molecule has 0 amide bonds. The Kier molecular flexibility index (Phi) is 10.6. The van der Waals surface area contributed by atoms with Crippen LogP contribution in [-0.4, -0.2) is 31.0 Å². The zero-order chi connectivity index (χ0) is 30.4. The van der Waals surface area contributed by atoms with Crippen molar-refractivity contribution >= 4 is 0 Å². The lowest BCUT2D eigenvalue weighted by Gasteiger charge is -2.32. The number of ether oxygens (including phenoxy) is 4. The maximum Gasteiger partial charge on any atom is 0.127 e. The van der Waals surface area contributed by atoms with E-state index in [4.69, 9.17) is 18.9 Å². The highest BCUT2D eigenvalue weighted by atomic mass is 16.5. The third-order valence-electron chi connectivity index (χ3n) is 7.41. The van der Waals surface area contributed by atoms with E-state index in [0.717, 1.165) is 23.7 Å². The summed E-state index contributed by atoms with van der Waals surface area (Å²) in [6.45, 7) is 24.8. The molecule has 0 aliphatic heterocycles. The van der Waals surface area contributed by atoms with Gasteiger partial charge in [0.05, 0.1) is 25.4 Å². The Morgan fingerprint density at radius 3 is 1.83 bits per heavy atom. The fraction of sp³-hybridized carbons (Fsp3) is 0.514. The molecule has 4 heteroatoms. The van der Waals surface area contributed by atoms with Crippen molar-refractivity contribution in [2.45, 2.75) is 111 Å². The second kappa shape index (κ2) is 13.3. The molecule has 0 radical (unpaired) electrons. The second-order valence-electron chi connectivity index (χ2n) is 13.4. The number of hydrogen-bond acceptors (Lipinski definition) is 4. The van der Waals surface area contributed by atoms with Crippen LogP contribution >= 0.6 is 0 Å². The van der Waals surface area contributed by atoms with Gasteiger partial charge in [-0.2, -0.15) is 0 Å². The number of benzene rings is 3. The first kappa shape index (κ1) is 32.5. The molecule has 0 bridgehead atoms. The smallest absolute Gasteiger partial charge is 0.127 e. The zero-order valence-electron chi connectivity index (χ0n) is 27.3. The third-order valence-corrected chi connectivity index (χ3v) is 7.41. The van der Waals surface area contributed by atoms with Crippen molar-refractivity contribution in [2.75, 3.05) is 13.2 Å². The van der Waals surface area contributed by atoms with Gasteiger partial charge in [-0.3, -0.25) is 0 Å². The van der Waals surface area contributed by atoms with Crippen molar-refractivity contribution in [3.63, 3.8) is 0 Å². The van der Waals surface area contributed by atoms with Gasteiger partial charge in [0.1, 0.15) is 22.8 Å². The van der Waals surface area contributed by atoms with Gasteiger partial charge in [0.2, 0.25) is 0 Å². The highest BCUT2D eigenvalue weighted by molar-refractivity contribution is 5.48. The highest BCUT2D eigenvalue weighted by Crippen LogP contribution is 2.40. The predicted octanol–water partition coefficient (Wildman–Crippen LogP) is 9.30. The quantitative estimate of drug-likeness (QED) is 0.197. The summed E-state index contributed by atoms with van der Waals surface area (Å²) in [5.41, 5.74) is 4.24. The predicted molar refractivity (Wildman–Crippen MR) is 171 cm³/mol. The number of rotatable bonds is 14. The van der Waals surface area contributed by atoms with Crippen LogP contribution in [0.15, 0.2) is 66.7 Å². The summed E-state index contributed by atoms with van der Waals surface area (Å²) in [4.78, 5) is 0. The SMILES string of the molecule is CCOc1ccc(C(C)(C)c2ccc(OC(C)C)c(C(C)(C)Cc3ccc(OC(C)(C)COC(C)C)cc3)c2)cc1. The summed E-state index contributed by atoms with van der Waals surface area (Å²) < 4.78 is 24.1. The Bertz CT molecular complexity index is 1230. The lowest BCUT2D eigenvalue weighted by molar-refractivity contribution is -0.0276. The molecular formula is C37H52O4. The standard InChI is InChI=1S/C37H52O4/c1-12-38-31-20-15-29(16-21-31)37(10,11)30-17-22-34(40-27(4)5)33(23-30)35(6,7)24-28-13-18-32(19-14-28)41-36(8,9)25-39-26(2)3/h13-23,26-27H,12,24-25H2,1-11H3. The fourth-order valence-corrected chi connectivity index (χ4v) is 5.10. The first-order chi connectivity index (χ1) is 19.1. The molecule has 4 nitrogen and oxygen atoms in total. The minimum absolute atomic E-state index is 0.0917. The van der Waals surface area contributed by atoms with E-state index in [2.05, 4.69) is 122 Å². The first-order valence-corrected chi connectivity index (χ1v) is 15.1. The van der Waals surface area contributed by atoms with Crippen LogP contribution in [0.3, 0.4) is 0 Å². The maximum absolute atomic E-state index is 6.35. The van der Waals surface area contributed by atoms with Crippen molar-refractivity contribution in [3.05, 3.63) is 89.0 Å². The van der Waals surface area contributed by atoms with Crippen LogP contribution in [0.2, 0.25) is 0 Å². The molecule has 0 aliphatic carbocycles. The lowest BCUT2D eigenvalue weighted by Crippen LogP contribution is -2.35. The molecule has 0 N–H and O–H groups in total. The maximum atomic E-state index is 6.35. The molecule has 0 spiro atoms. The fourth-order valence-electron chi connectivity index (χ4n) is 5.10. The van der Waals surface area contributed by atoms with E-state index < -0.39 is 5.60 Å². The van der Waals surface area contributed by atoms with Gasteiger partial charge in [-0.05, 0) is 107 Å². The molecule has 0 aliphatic rings. The Hall–Kier alpha value is -2.98. The zero-order valence-corrected chi connectivity index (χ0v) is 27.3. The average Bonchev–Trinajstić information content (AvgIpc) is 2.89. The lowest BCUT2D eigenvalue weighted by atomic mass is 9.73. The van der Waals surface area contributed by atoms with Crippen molar-refractivity contribution in [3.8, 4) is 17.2 Å². The summed E-state index contributed by atoms with van der Waals surface area (Å²) in [5, 5.41) is 0. The van der Waals surface area contributed by atoms with E-state index in [1.54, 1.807) is 0 Å². The Morgan fingerprint density at radius 1 is 0.683 bits per heavy atom. The van der Waals surface area contributed by atoms with Crippen molar-refractivity contribution in [2.24, 2.45) is 0 Å². The molecule has 0 unspecified atom stereocenters. The molecular weight excluding hydrogens is 508 g/mol. The molecule has 0 atom stereocenters. The molecule has 41 heavy (non-hydrogen) atoms. The van der Waals surface area contributed by atoms with Crippen LogP contribution in [0.4, 0.5) is 0 Å². The van der Waals surface area contributed by atoms with Crippen LogP contribution < -0.4 is 14.2 Å². The molecule has 224 valence electrons. The van der Waals surface area contributed by atoms with E-state index in [0.29, 0.717) is 13.2 Å².